The van der Waals surface area contributed by atoms with Gasteiger partial charge >= 0.3 is 0 Å². The van der Waals surface area contributed by atoms with Crippen LogP contribution in [0.15, 0.2) is 121 Å². The minimum Gasteiger partial charge on any atom is -0.238 e. The number of benzene rings is 5. The number of hydrogen-bond acceptors (Lipinski definition) is 3. The Morgan fingerprint density at radius 1 is 0.600 bits per heavy atom. The normalized spacial score (nSPS) is 10.9. The molecule has 0 unspecified atom stereocenters. The SMILES string of the molecule is [C-]#[N+]c1cc(C#N)cc(-c2cccc(-c3cc4c(-c5ccccc5)c5sccc5c(-c5ccccc5)c4s3)c2)c1. The summed E-state index contributed by atoms with van der Waals surface area (Å²) in [5.41, 5.74) is 8.96. The third-order valence-corrected chi connectivity index (χ3v) is 9.30. The molecule has 4 heteroatoms. The van der Waals surface area contributed by atoms with E-state index in [-0.39, 0.29) is 0 Å². The highest BCUT2D eigenvalue weighted by molar-refractivity contribution is 7.23. The van der Waals surface area contributed by atoms with Crippen LogP contribution in [0.5, 0.6) is 0 Å². The molecule has 0 atom stereocenters. The van der Waals surface area contributed by atoms with E-state index in [0.717, 1.165) is 16.7 Å². The first-order chi connectivity index (χ1) is 19.7. The summed E-state index contributed by atoms with van der Waals surface area (Å²) in [5.74, 6) is 0. The topological polar surface area (TPSA) is 28.1 Å². The molecule has 0 spiro atoms. The van der Waals surface area contributed by atoms with Gasteiger partial charge in [-0.2, -0.15) is 5.26 Å². The molecule has 2 nitrogen and oxygen atoms in total. The van der Waals surface area contributed by atoms with Crippen molar-refractivity contribution >= 4 is 48.5 Å². The number of fused-ring (bicyclic) bond motifs is 2. The highest BCUT2D eigenvalue weighted by Crippen LogP contribution is 2.50. The van der Waals surface area contributed by atoms with Crippen LogP contribution in [0.3, 0.4) is 0 Å². The first-order valence-electron chi connectivity index (χ1n) is 12.8. The van der Waals surface area contributed by atoms with Crippen LogP contribution in [0, 0.1) is 17.9 Å². The zero-order chi connectivity index (χ0) is 27.1. The molecule has 0 aliphatic rings. The van der Waals surface area contributed by atoms with Crippen molar-refractivity contribution in [3.8, 4) is 49.9 Å². The highest BCUT2D eigenvalue weighted by atomic mass is 32.1. The van der Waals surface area contributed by atoms with Crippen molar-refractivity contribution in [3.05, 3.63) is 138 Å². The molecular weight excluding hydrogens is 525 g/mol. The Balaban J connectivity index is 1.49. The van der Waals surface area contributed by atoms with Crippen molar-refractivity contribution in [1.29, 1.82) is 5.26 Å². The van der Waals surface area contributed by atoms with Crippen LogP contribution in [-0.4, -0.2) is 0 Å². The van der Waals surface area contributed by atoms with Crippen LogP contribution >= 0.6 is 22.7 Å². The minimum absolute atomic E-state index is 0.474. The molecule has 7 aromatic rings. The molecule has 0 fully saturated rings. The average Bonchev–Trinajstić information content (AvgIpc) is 3.68. The van der Waals surface area contributed by atoms with Gasteiger partial charge in [0.15, 0.2) is 5.69 Å². The quantitative estimate of drug-likeness (QED) is 0.203. The second-order valence-electron chi connectivity index (χ2n) is 9.57. The van der Waals surface area contributed by atoms with E-state index < -0.39 is 0 Å². The Labute approximate surface area is 240 Å². The predicted molar refractivity (Wildman–Crippen MR) is 170 cm³/mol. The van der Waals surface area contributed by atoms with Gasteiger partial charge < -0.3 is 0 Å². The summed E-state index contributed by atoms with van der Waals surface area (Å²) in [7, 11) is 0. The second-order valence-corrected chi connectivity index (χ2v) is 11.5. The first-order valence-corrected chi connectivity index (χ1v) is 14.5. The molecule has 0 radical (unpaired) electrons. The van der Waals surface area contributed by atoms with E-state index in [1.54, 1.807) is 17.4 Å². The number of nitriles is 1. The standard InChI is InChI=1S/C36H20N2S2/c1-38-29-18-23(22-37)17-28(20-29)26-13-8-14-27(19-26)32-21-31-34(25-11-6-3-7-12-25)35-30(15-16-39-35)33(36(31)40-32)24-9-4-2-5-10-24/h2-21H. The Bertz CT molecular complexity index is 2000. The molecule has 0 amide bonds. The Kier molecular flexibility index (Phi) is 5.99. The van der Waals surface area contributed by atoms with Gasteiger partial charge in [-0.15, -0.1) is 22.7 Å². The summed E-state index contributed by atoms with van der Waals surface area (Å²) >= 11 is 3.62. The van der Waals surface area contributed by atoms with E-state index >= 15 is 0 Å². The molecule has 2 aromatic heterocycles. The molecule has 2 heterocycles. The van der Waals surface area contributed by atoms with Crippen molar-refractivity contribution in [2.75, 3.05) is 0 Å². The van der Waals surface area contributed by atoms with Gasteiger partial charge in [-0.1, -0.05) is 78.9 Å². The lowest BCUT2D eigenvalue weighted by Crippen LogP contribution is -1.85. The Morgan fingerprint density at radius 3 is 1.98 bits per heavy atom. The third-order valence-electron chi connectivity index (χ3n) is 7.17. The summed E-state index contributed by atoms with van der Waals surface area (Å²) in [5, 5.41) is 14.2. The molecular formula is C36H20N2S2. The smallest absolute Gasteiger partial charge is 0.189 e. The predicted octanol–water partition coefficient (Wildman–Crippen LogP) is 11.2. The van der Waals surface area contributed by atoms with Crippen LogP contribution in [0.2, 0.25) is 0 Å². The summed E-state index contributed by atoms with van der Waals surface area (Å²) in [6.45, 7) is 7.46. The molecule has 7 rings (SSSR count). The van der Waals surface area contributed by atoms with Crippen molar-refractivity contribution in [3.63, 3.8) is 0 Å². The maximum Gasteiger partial charge on any atom is 0.189 e. The number of thiophene rings is 2. The molecule has 0 bridgehead atoms. The molecule has 0 saturated carbocycles. The maximum atomic E-state index is 9.49. The molecule has 5 aromatic carbocycles. The van der Waals surface area contributed by atoms with Crippen LogP contribution in [-0.2, 0) is 0 Å². The first kappa shape index (κ1) is 24.1. The van der Waals surface area contributed by atoms with Gasteiger partial charge in [0.25, 0.3) is 0 Å². The van der Waals surface area contributed by atoms with E-state index in [2.05, 4.69) is 107 Å². The summed E-state index contributed by atoms with van der Waals surface area (Å²) in [6, 6.07) is 41.9. The van der Waals surface area contributed by atoms with Gasteiger partial charge in [0.05, 0.1) is 12.6 Å². The van der Waals surface area contributed by atoms with Gasteiger partial charge in [0.1, 0.15) is 0 Å². The molecule has 0 N–H and O–H groups in total. The fourth-order valence-corrected chi connectivity index (χ4v) is 7.62. The Hall–Kier alpha value is -5.00. The van der Waals surface area contributed by atoms with Gasteiger partial charge in [0, 0.05) is 41.7 Å². The summed E-state index contributed by atoms with van der Waals surface area (Å²) in [6.07, 6.45) is 0. The van der Waals surface area contributed by atoms with Gasteiger partial charge in [0.2, 0.25) is 0 Å². The van der Waals surface area contributed by atoms with Crippen LogP contribution in [0.1, 0.15) is 5.56 Å². The Morgan fingerprint density at radius 2 is 1.27 bits per heavy atom. The second kappa shape index (κ2) is 9.95. The zero-order valence-corrected chi connectivity index (χ0v) is 22.9. The van der Waals surface area contributed by atoms with E-state index in [4.69, 9.17) is 6.57 Å². The van der Waals surface area contributed by atoms with Crippen molar-refractivity contribution in [2.45, 2.75) is 0 Å². The van der Waals surface area contributed by atoms with Crippen molar-refractivity contribution in [1.82, 2.24) is 0 Å². The van der Waals surface area contributed by atoms with Gasteiger partial charge in [-0.3, -0.25) is 0 Å². The van der Waals surface area contributed by atoms with E-state index in [9.17, 15) is 5.26 Å². The lowest BCUT2D eigenvalue weighted by molar-refractivity contribution is 1.48. The fourth-order valence-electron chi connectivity index (χ4n) is 5.39. The lowest BCUT2D eigenvalue weighted by atomic mass is 9.93. The maximum absolute atomic E-state index is 9.49. The molecule has 40 heavy (non-hydrogen) atoms. The zero-order valence-electron chi connectivity index (χ0n) is 21.3. The molecule has 0 saturated heterocycles. The number of nitrogens with zero attached hydrogens (tertiary/aromatic N) is 2. The van der Waals surface area contributed by atoms with E-state index in [1.807, 2.05) is 29.5 Å². The number of rotatable bonds is 4. The average molecular weight is 545 g/mol. The van der Waals surface area contributed by atoms with E-state index in [1.165, 1.54) is 47.3 Å². The van der Waals surface area contributed by atoms with Crippen molar-refractivity contribution in [2.24, 2.45) is 0 Å². The van der Waals surface area contributed by atoms with Crippen LogP contribution < -0.4 is 0 Å². The van der Waals surface area contributed by atoms with Crippen LogP contribution in [0.4, 0.5) is 5.69 Å². The van der Waals surface area contributed by atoms with E-state index in [0.29, 0.717) is 11.3 Å². The monoisotopic (exact) mass is 544 g/mol. The number of hydrogen-bond donors (Lipinski definition) is 0. The molecule has 0 aliphatic carbocycles. The minimum atomic E-state index is 0.474. The summed E-state index contributed by atoms with van der Waals surface area (Å²) in [4.78, 5) is 4.76. The largest absolute Gasteiger partial charge is 0.238 e. The lowest BCUT2D eigenvalue weighted by Gasteiger charge is -2.12. The fraction of sp³-hybridized carbons (Fsp3) is 0. The van der Waals surface area contributed by atoms with Crippen molar-refractivity contribution < 1.29 is 0 Å². The van der Waals surface area contributed by atoms with Gasteiger partial charge in [-0.25, -0.2) is 4.85 Å². The van der Waals surface area contributed by atoms with Gasteiger partial charge in [-0.05, 0) is 69.6 Å². The highest BCUT2D eigenvalue weighted by Gasteiger charge is 2.20. The third kappa shape index (κ3) is 4.08. The van der Waals surface area contributed by atoms with Crippen LogP contribution in [0.25, 0.3) is 68.8 Å². The summed E-state index contributed by atoms with van der Waals surface area (Å²) < 4.78 is 2.58. The molecule has 0 aliphatic heterocycles. The molecule has 186 valence electrons.